The number of aromatic hydroxyl groups is 3. The first-order valence-electron chi connectivity index (χ1n) is 5.74. The molecule has 0 aliphatic carbocycles. The van der Waals surface area contributed by atoms with Crippen LogP contribution in [0.25, 0.3) is 11.1 Å². The van der Waals surface area contributed by atoms with Crippen molar-refractivity contribution in [3.05, 3.63) is 41.0 Å². The maximum absolute atomic E-state index is 10.00. The first-order valence-corrected chi connectivity index (χ1v) is 5.74. The van der Waals surface area contributed by atoms with Gasteiger partial charge in [-0.25, -0.2) is 0 Å². The maximum Gasteiger partial charge on any atom is 0.125 e. The van der Waals surface area contributed by atoms with Gasteiger partial charge in [0.15, 0.2) is 0 Å². The molecule has 0 bridgehead atoms. The summed E-state index contributed by atoms with van der Waals surface area (Å²) in [6, 6.07) is 6.70. The molecule has 0 amide bonds. The van der Waals surface area contributed by atoms with Crippen LogP contribution in [0.2, 0.25) is 0 Å². The molecular weight excluding hydrogens is 228 g/mol. The molecule has 3 heteroatoms. The van der Waals surface area contributed by atoms with Crippen molar-refractivity contribution in [3.63, 3.8) is 0 Å². The van der Waals surface area contributed by atoms with Gasteiger partial charge in [0, 0.05) is 5.56 Å². The predicted octanol–water partition coefficient (Wildman–Crippen LogP) is 3.40. The Hall–Kier alpha value is -2.16. The monoisotopic (exact) mass is 244 g/mol. The molecule has 0 aliphatic heterocycles. The second kappa shape index (κ2) is 4.26. The molecule has 2 rings (SSSR count). The van der Waals surface area contributed by atoms with Crippen LogP contribution in [-0.4, -0.2) is 15.3 Å². The lowest BCUT2D eigenvalue weighted by atomic mass is 9.92. The molecule has 2 aromatic rings. The number of phenolic OH excluding ortho intramolecular Hbond substituents is 3. The van der Waals surface area contributed by atoms with Crippen molar-refractivity contribution >= 4 is 0 Å². The topological polar surface area (TPSA) is 60.7 Å². The molecule has 0 spiro atoms. The van der Waals surface area contributed by atoms with E-state index in [1.807, 2.05) is 13.8 Å². The molecule has 0 aliphatic rings. The third-order valence-corrected chi connectivity index (χ3v) is 3.33. The lowest BCUT2D eigenvalue weighted by Crippen LogP contribution is -1.93. The SMILES string of the molecule is Cc1c(O)c(C)c(-c2ccc(O)cc2)c(C)c1O. The molecule has 2 aromatic carbocycles. The van der Waals surface area contributed by atoms with E-state index in [1.165, 1.54) is 0 Å². The van der Waals surface area contributed by atoms with E-state index < -0.39 is 0 Å². The summed E-state index contributed by atoms with van der Waals surface area (Å²) < 4.78 is 0. The average Bonchev–Trinajstić information content (AvgIpc) is 2.36. The van der Waals surface area contributed by atoms with Gasteiger partial charge in [-0.05, 0) is 55.2 Å². The van der Waals surface area contributed by atoms with Crippen LogP contribution in [0.15, 0.2) is 24.3 Å². The van der Waals surface area contributed by atoms with Crippen LogP contribution in [0.3, 0.4) is 0 Å². The molecule has 0 saturated carbocycles. The van der Waals surface area contributed by atoms with Gasteiger partial charge >= 0.3 is 0 Å². The van der Waals surface area contributed by atoms with E-state index >= 15 is 0 Å². The normalized spacial score (nSPS) is 10.6. The third-order valence-electron chi connectivity index (χ3n) is 3.33. The smallest absolute Gasteiger partial charge is 0.125 e. The number of rotatable bonds is 1. The van der Waals surface area contributed by atoms with E-state index in [0.29, 0.717) is 5.56 Å². The Kier molecular flexibility index (Phi) is 2.91. The molecule has 0 fully saturated rings. The number of hydrogen-bond acceptors (Lipinski definition) is 3. The van der Waals surface area contributed by atoms with Crippen LogP contribution in [-0.2, 0) is 0 Å². The number of phenols is 3. The zero-order valence-corrected chi connectivity index (χ0v) is 10.7. The van der Waals surface area contributed by atoms with E-state index in [-0.39, 0.29) is 17.2 Å². The van der Waals surface area contributed by atoms with Crippen LogP contribution in [0.4, 0.5) is 0 Å². The summed E-state index contributed by atoms with van der Waals surface area (Å²) in [5, 5.41) is 29.3. The fourth-order valence-corrected chi connectivity index (χ4v) is 2.25. The quantitative estimate of drug-likeness (QED) is 0.720. The summed E-state index contributed by atoms with van der Waals surface area (Å²) in [5.41, 5.74) is 3.61. The Morgan fingerprint density at radius 3 is 1.56 bits per heavy atom. The Labute approximate surface area is 106 Å². The summed E-state index contributed by atoms with van der Waals surface area (Å²) in [4.78, 5) is 0. The minimum atomic E-state index is 0.112. The van der Waals surface area contributed by atoms with Crippen molar-refractivity contribution < 1.29 is 15.3 Å². The molecule has 3 nitrogen and oxygen atoms in total. The fourth-order valence-electron chi connectivity index (χ4n) is 2.25. The third kappa shape index (κ3) is 1.78. The van der Waals surface area contributed by atoms with Gasteiger partial charge in [-0.1, -0.05) is 12.1 Å². The van der Waals surface area contributed by atoms with Gasteiger partial charge in [-0.3, -0.25) is 0 Å². The lowest BCUT2D eigenvalue weighted by Gasteiger charge is -2.16. The summed E-state index contributed by atoms with van der Waals surface area (Å²) in [6.07, 6.45) is 0. The summed E-state index contributed by atoms with van der Waals surface area (Å²) in [5.74, 6) is 0.414. The van der Waals surface area contributed by atoms with Crippen LogP contribution < -0.4 is 0 Å². The van der Waals surface area contributed by atoms with Crippen LogP contribution in [0.1, 0.15) is 16.7 Å². The van der Waals surface area contributed by atoms with E-state index in [0.717, 1.165) is 22.3 Å². The second-order valence-corrected chi connectivity index (χ2v) is 4.49. The predicted molar refractivity (Wildman–Crippen MR) is 71.1 cm³/mol. The van der Waals surface area contributed by atoms with Gasteiger partial charge in [0.2, 0.25) is 0 Å². The summed E-state index contributed by atoms with van der Waals surface area (Å²) in [7, 11) is 0. The molecule has 0 aromatic heterocycles. The number of hydrogen-bond donors (Lipinski definition) is 3. The minimum Gasteiger partial charge on any atom is -0.508 e. The van der Waals surface area contributed by atoms with Gasteiger partial charge in [0.05, 0.1) is 0 Å². The lowest BCUT2D eigenvalue weighted by molar-refractivity contribution is 0.438. The first-order chi connectivity index (χ1) is 8.43. The van der Waals surface area contributed by atoms with E-state index in [2.05, 4.69) is 0 Å². The van der Waals surface area contributed by atoms with Crippen molar-refractivity contribution in [1.82, 2.24) is 0 Å². The molecule has 0 saturated heterocycles. The Morgan fingerprint density at radius 2 is 1.11 bits per heavy atom. The highest BCUT2D eigenvalue weighted by molar-refractivity contribution is 5.77. The van der Waals surface area contributed by atoms with Crippen molar-refractivity contribution in [2.24, 2.45) is 0 Å². The van der Waals surface area contributed by atoms with Crippen LogP contribution in [0.5, 0.6) is 17.2 Å². The molecule has 3 N–H and O–H groups in total. The Balaban J connectivity index is 2.75. The van der Waals surface area contributed by atoms with Crippen molar-refractivity contribution in [1.29, 1.82) is 0 Å². The van der Waals surface area contributed by atoms with Gasteiger partial charge in [0.1, 0.15) is 17.2 Å². The van der Waals surface area contributed by atoms with Gasteiger partial charge < -0.3 is 15.3 Å². The highest BCUT2D eigenvalue weighted by Gasteiger charge is 2.17. The zero-order valence-electron chi connectivity index (χ0n) is 10.7. The van der Waals surface area contributed by atoms with E-state index in [9.17, 15) is 15.3 Å². The summed E-state index contributed by atoms with van der Waals surface area (Å²) in [6.45, 7) is 5.32. The van der Waals surface area contributed by atoms with Gasteiger partial charge in [-0.2, -0.15) is 0 Å². The van der Waals surface area contributed by atoms with E-state index in [1.54, 1.807) is 31.2 Å². The molecule has 94 valence electrons. The molecular formula is C15H16O3. The highest BCUT2D eigenvalue weighted by Crippen LogP contribution is 2.41. The average molecular weight is 244 g/mol. The molecule has 18 heavy (non-hydrogen) atoms. The number of benzene rings is 2. The van der Waals surface area contributed by atoms with Gasteiger partial charge in [0.25, 0.3) is 0 Å². The maximum atomic E-state index is 10.00. The minimum absolute atomic E-state index is 0.112. The molecule has 0 heterocycles. The standard InChI is InChI=1S/C15H16O3/c1-8-13(11-4-6-12(16)7-5-11)9(2)15(18)10(3)14(8)17/h4-7,16-18H,1-3H3. The van der Waals surface area contributed by atoms with Crippen LogP contribution in [0, 0.1) is 20.8 Å². The van der Waals surface area contributed by atoms with Gasteiger partial charge in [-0.15, -0.1) is 0 Å². The van der Waals surface area contributed by atoms with Crippen LogP contribution >= 0.6 is 0 Å². The fraction of sp³-hybridized carbons (Fsp3) is 0.200. The molecule has 0 unspecified atom stereocenters. The summed E-state index contributed by atoms with van der Waals surface area (Å²) >= 11 is 0. The van der Waals surface area contributed by atoms with Crippen molar-refractivity contribution in [2.45, 2.75) is 20.8 Å². The van der Waals surface area contributed by atoms with E-state index in [4.69, 9.17) is 0 Å². The second-order valence-electron chi connectivity index (χ2n) is 4.49. The zero-order chi connectivity index (χ0) is 13.4. The molecule has 0 radical (unpaired) electrons. The highest BCUT2D eigenvalue weighted by atomic mass is 16.3. The molecule has 0 atom stereocenters. The Morgan fingerprint density at radius 1 is 0.667 bits per heavy atom. The van der Waals surface area contributed by atoms with Crippen molar-refractivity contribution in [2.75, 3.05) is 0 Å². The van der Waals surface area contributed by atoms with Crippen molar-refractivity contribution in [3.8, 4) is 28.4 Å². The Bertz CT molecular complexity index is 569. The first kappa shape index (κ1) is 12.3. The largest absolute Gasteiger partial charge is 0.508 e.